The molecule has 4 unspecified atom stereocenters. The van der Waals surface area contributed by atoms with Gasteiger partial charge in [-0.3, -0.25) is 4.99 Å². The Balaban J connectivity index is 0.00000208. The third kappa shape index (κ3) is 4.17. The van der Waals surface area contributed by atoms with Crippen molar-refractivity contribution in [2.75, 3.05) is 25.4 Å². The van der Waals surface area contributed by atoms with Gasteiger partial charge in [0.05, 0.1) is 12.6 Å². The Labute approximate surface area is 168 Å². The number of hydrogen-bond acceptors (Lipinski definition) is 3. The van der Waals surface area contributed by atoms with Gasteiger partial charge in [0.15, 0.2) is 5.96 Å². The van der Waals surface area contributed by atoms with Gasteiger partial charge >= 0.3 is 0 Å². The summed E-state index contributed by atoms with van der Waals surface area (Å²) in [6.07, 6.45) is 5.50. The monoisotopic (exact) mass is 467 g/mol. The van der Waals surface area contributed by atoms with Crippen LogP contribution in [0.15, 0.2) is 4.99 Å². The van der Waals surface area contributed by atoms with Gasteiger partial charge in [-0.15, -0.1) is 24.0 Å². The lowest BCUT2D eigenvalue weighted by molar-refractivity contribution is -0.188. The molecule has 2 saturated heterocycles. The second kappa shape index (κ2) is 8.33. The van der Waals surface area contributed by atoms with Crippen LogP contribution in [0.25, 0.3) is 0 Å². The van der Waals surface area contributed by atoms with E-state index in [-0.39, 0.29) is 29.4 Å². The predicted octanol–water partition coefficient (Wildman–Crippen LogP) is 3.65. The largest absolute Gasteiger partial charge is 0.377 e. The van der Waals surface area contributed by atoms with Crippen LogP contribution >= 0.6 is 35.7 Å². The summed E-state index contributed by atoms with van der Waals surface area (Å²) < 4.78 is 6.34. The molecule has 140 valence electrons. The Hall–Kier alpha value is 0.310. The SMILES string of the molecule is CCNC(=NCC1(C)CCCS1)NC1C2CCCOC2C1(C)C.I. The molecule has 4 atom stereocenters. The van der Waals surface area contributed by atoms with E-state index in [0.717, 1.165) is 25.7 Å². The molecule has 4 nitrogen and oxygen atoms in total. The van der Waals surface area contributed by atoms with E-state index in [4.69, 9.17) is 9.73 Å². The Morgan fingerprint density at radius 1 is 1.29 bits per heavy atom. The minimum Gasteiger partial charge on any atom is -0.377 e. The van der Waals surface area contributed by atoms with Crippen molar-refractivity contribution in [3.05, 3.63) is 0 Å². The minimum absolute atomic E-state index is 0. The molecule has 0 amide bonds. The van der Waals surface area contributed by atoms with Crippen LogP contribution in [0.3, 0.4) is 0 Å². The van der Waals surface area contributed by atoms with E-state index < -0.39 is 0 Å². The number of halogens is 1. The quantitative estimate of drug-likeness (QED) is 0.377. The molecule has 1 saturated carbocycles. The van der Waals surface area contributed by atoms with Gasteiger partial charge in [0.1, 0.15) is 0 Å². The molecule has 0 aromatic heterocycles. The fourth-order valence-electron chi connectivity index (χ4n) is 4.49. The van der Waals surface area contributed by atoms with Crippen LogP contribution in [0.1, 0.15) is 53.4 Å². The van der Waals surface area contributed by atoms with Gasteiger partial charge in [0.2, 0.25) is 0 Å². The number of thioether (sulfide) groups is 1. The summed E-state index contributed by atoms with van der Waals surface area (Å²) in [5.41, 5.74) is 0.188. The maximum Gasteiger partial charge on any atom is 0.191 e. The van der Waals surface area contributed by atoms with E-state index in [9.17, 15) is 0 Å². The van der Waals surface area contributed by atoms with Crippen molar-refractivity contribution < 1.29 is 4.74 Å². The smallest absolute Gasteiger partial charge is 0.191 e. The maximum absolute atomic E-state index is 6.02. The van der Waals surface area contributed by atoms with E-state index >= 15 is 0 Å². The van der Waals surface area contributed by atoms with Crippen molar-refractivity contribution in [1.82, 2.24) is 10.6 Å². The van der Waals surface area contributed by atoms with Gasteiger partial charge in [0.25, 0.3) is 0 Å². The van der Waals surface area contributed by atoms with E-state index in [1.807, 2.05) is 0 Å². The van der Waals surface area contributed by atoms with E-state index in [1.165, 1.54) is 31.4 Å². The van der Waals surface area contributed by atoms with E-state index in [2.05, 4.69) is 50.1 Å². The lowest BCUT2D eigenvalue weighted by Crippen LogP contribution is -2.71. The number of aliphatic imine (C=N–C) groups is 1. The molecule has 0 aromatic carbocycles. The van der Waals surface area contributed by atoms with Crippen molar-refractivity contribution in [3.8, 4) is 0 Å². The molecule has 0 aromatic rings. The molecule has 6 heteroatoms. The van der Waals surface area contributed by atoms with Crippen molar-refractivity contribution in [3.63, 3.8) is 0 Å². The summed E-state index contributed by atoms with van der Waals surface area (Å²) in [4.78, 5) is 4.93. The standard InChI is InChI=1S/C18H33N3OS.HI/c1-5-19-16(20-12-18(4)9-7-11-23-18)21-14-13-8-6-10-22-15(13)17(14,2)3;/h13-15H,5-12H2,1-4H3,(H2,19,20,21);1H. The summed E-state index contributed by atoms with van der Waals surface area (Å²) in [6.45, 7) is 11.9. The average Bonchev–Trinajstić information content (AvgIpc) is 2.97. The molecule has 3 rings (SSSR count). The molecule has 3 aliphatic rings. The highest BCUT2D eigenvalue weighted by Gasteiger charge is 2.58. The van der Waals surface area contributed by atoms with E-state index in [1.54, 1.807) is 0 Å². The van der Waals surface area contributed by atoms with Crippen LogP contribution in [0.4, 0.5) is 0 Å². The topological polar surface area (TPSA) is 45.7 Å². The number of ether oxygens (including phenoxy) is 1. The van der Waals surface area contributed by atoms with Crippen LogP contribution in [-0.2, 0) is 4.74 Å². The van der Waals surface area contributed by atoms with Gasteiger partial charge in [-0.2, -0.15) is 11.8 Å². The molecule has 3 fully saturated rings. The van der Waals surface area contributed by atoms with Crippen molar-refractivity contribution in [2.45, 2.75) is 70.3 Å². The normalized spacial score (nSPS) is 37.8. The Morgan fingerprint density at radius 2 is 2.08 bits per heavy atom. The van der Waals surface area contributed by atoms with Crippen molar-refractivity contribution in [2.24, 2.45) is 16.3 Å². The Kier molecular flexibility index (Phi) is 7.16. The minimum atomic E-state index is 0. The second-order valence-corrected chi connectivity index (χ2v) is 9.82. The first-order valence-corrected chi connectivity index (χ1v) is 10.3. The lowest BCUT2D eigenvalue weighted by atomic mass is 9.55. The number of hydrogen-bond donors (Lipinski definition) is 2. The summed E-state index contributed by atoms with van der Waals surface area (Å²) >= 11 is 2.08. The van der Waals surface area contributed by atoms with Gasteiger partial charge in [0, 0.05) is 35.3 Å². The highest BCUT2D eigenvalue weighted by molar-refractivity contribution is 14.0. The molecule has 0 spiro atoms. The van der Waals surface area contributed by atoms with Crippen molar-refractivity contribution >= 4 is 41.7 Å². The second-order valence-electron chi connectivity index (χ2n) is 8.14. The highest BCUT2D eigenvalue weighted by atomic mass is 127. The molecule has 0 radical (unpaired) electrons. The maximum atomic E-state index is 6.02. The van der Waals surface area contributed by atoms with Crippen LogP contribution < -0.4 is 10.6 Å². The van der Waals surface area contributed by atoms with Gasteiger partial charge in [-0.1, -0.05) is 13.8 Å². The summed E-state index contributed by atoms with van der Waals surface area (Å²) in [5.74, 6) is 2.91. The average molecular weight is 467 g/mol. The fourth-order valence-corrected chi connectivity index (χ4v) is 5.72. The first-order chi connectivity index (χ1) is 11.0. The molecule has 24 heavy (non-hydrogen) atoms. The summed E-state index contributed by atoms with van der Waals surface area (Å²) in [5, 5.41) is 7.18. The molecule has 2 heterocycles. The van der Waals surface area contributed by atoms with Gasteiger partial charge < -0.3 is 15.4 Å². The number of rotatable bonds is 4. The van der Waals surface area contributed by atoms with E-state index in [0.29, 0.717) is 22.8 Å². The van der Waals surface area contributed by atoms with Crippen LogP contribution in [0.2, 0.25) is 0 Å². The zero-order valence-electron chi connectivity index (χ0n) is 15.6. The van der Waals surface area contributed by atoms with Crippen LogP contribution in [0, 0.1) is 11.3 Å². The third-order valence-electron chi connectivity index (χ3n) is 5.84. The van der Waals surface area contributed by atoms with Gasteiger partial charge in [-0.05, 0) is 45.3 Å². The number of nitrogens with zero attached hydrogens (tertiary/aromatic N) is 1. The molecule has 0 bridgehead atoms. The van der Waals surface area contributed by atoms with Gasteiger partial charge in [-0.25, -0.2) is 0 Å². The summed E-state index contributed by atoms with van der Waals surface area (Å²) in [6, 6.07) is 0.467. The lowest BCUT2D eigenvalue weighted by Gasteiger charge is -2.60. The predicted molar refractivity (Wildman–Crippen MR) is 115 cm³/mol. The third-order valence-corrected chi connectivity index (χ3v) is 7.36. The first kappa shape index (κ1) is 20.6. The zero-order valence-corrected chi connectivity index (χ0v) is 18.7. The number of guanidine groups is 1. The number of fused-ring (bicyclic) bond motifs is 1. The van der Waals surface area contributed by atoms with Crippen molar-refractivity contribution in [1.29, 1.82) is 0 Å². The molecular weight excluding hydrogens is 433 g/mol. The fraction of sp³-hybridized carbons (Fsp3) is 0.944. The Morgan fingerprint density at radius 3 is 2.75 bits per heavy atom. The van der Waals surface area contributed by atoms with Crippen LogP contribution in [0.5, 0.6) is 0 Å². The van der Waals surface area contributed by atoms with Crippen LogP contribution in [-0.4, -0.2) is 48.3 Å². The molecule has 2 N–H and O–H groups in total. The number of nitrogens with one attached hydrogen (secondary N) is 2. The highest BCUT2D eigenvalue weighted by Crippen LogP contribution is 2.51. The zero-order chi connectivity index (χ0) is 16.5. The first-order valence-electron chi connectivity index (χ1n) is 9.27. The molecule has 2 aliphatic heterocycles. The Bertz CT molecular complexity index is 452. The summed E-state index contributed by atoms with van der Waals surface area (Å²) in [7, 11) is 0. The molecular formula is C18H34IN3OS. The molecule has 1 aliphatic carbocycles.